The Kier molecular flexibility index (Phi) is 3.74. The molecule has 7 heteroatoms. The Morgan fingerprint density at radius 1 is 1.79 bits per heavy atom. The van der Waals surface area contributed by atoms with E-state index >= 15 is 0 Å². The zero-order valence-corrected chi connectivity index (χ0v) is 10.5. The van der Waals surface area contributed by atoms with E-state index in [1.807, 2.05) is 0 Å². The van der Waals surface area contributed by atoms with Crippen molar-refractivity contribution in [2.45, 2.75) is 6.92 Å². The first-order chi connectivity index (χ1) is 6.44. The van der Waals surface area contributed by atoms with E-state index in [9.17, 15) is 4.21 Å². The van der Waals surface area contributed by atoms with Gasteiger partial charge in [0, 0.05) is 11.9 Å². The number of nitrogens with zero attached hydrogens (tertiary/aromatic N) is 1. The Balaban J connectivity index is 3.03. The molecule has 0 spiro atoms. The minimum Gasteiger partial charge on any atom is -0.296 e. The van der Waals surface area contributed by atoms with Gasteiger partial charge < -0.3 is 0 Å². The highest BCUT2D eigenvalue weighted by atomic mass is 79.9. The van der Waals surface area contributed by atoms with Gasteiger partial charge in [0.25, 0.3) is 0 Å². The topological polar surface area (TPSA) is 65.8 Å². The van der Waals surface area contributed by atoms with Gasteiger partial charge in [-0.15, -0.1) is 0 Å². The van der Waals surface area contributed by atoms with Gasteiger partial charge in [0.15, 0.2) is 0 Å². The van der Waals surface area contributed by atoms with Gasteiger partial charge in [0.2, 0.25) is 0 Å². The summed E-state index contributed by atoms with van der Waals surface area (Å²) in [7, 11) is -2.79. The number of hydrogen-bond acceptors (Lipinski definition) is 3. The molecule has 0 saturated carbocycles. The van der Waals surface area contributed by atoms with Crippen molar-refractivity contribution < 1.29 is 4.21 Å². The smallest absolute Gasteiger partial charge is 0.130 e. The highest BCUT2D eigenvalue weighted by molar-refractivity contribution is 9.10. The van der Waals surface area contributed by atoms with Crippen LogP contribution in [0.25, 0.3) is 0 Å². The van der Waals surface area contributed by atoms with Crippen molar-refractivity contribution in [3.63, 3.8) is 0 Å². The molecule has 1 atom stereocenters. The van der Waals surface area contributed by atoms with E-state index in [0.717, 1.165) is 0 Å². The number of halogens is 2. The second-order valence-corrected chi connectivity index (χ2v) is 5.88. The van der Waals surface area contributed by atoms with E-state index in [0.29, 0.717) is 15.3 Å². The zero-order valence-electron chi connectivity index (χ0n) is 7.38. The highest BCUT2D eigenvalue weighted by Gasteiger charge is 2.07. The molecule has 0 aliphatic heterocycles. The lowest BCUT2D eigenvalue weighted by Crippen LogP contribution is -2.13. The van der Waals surface area contributed by atoms with Crippen molar-refractivity contribution in [3.05, 3.63) is 21.9 Å². The maximum absolute atomic E-state index is 11.5. The predicted octanol–water partition coefficient (Wildman–Crippen LogP) is 2.89. The predicted molar refractivity (Wildman–Crippen MR) is 62.0 cm³/mol. The van der Waals surface area contributed by atoms with Gasteiger partial charge in [-0.05, 0) is 22.0 Å². The quantitative estimate of drug-likeness (QED) is 0.843. The van der Waals surface area contributed by atoms with E-state index in [4.69, 9.17) is 16.4 Å². The van der Waals surface area contributed by atoms with Crippen molar-refractivity contribution >= 4 is 43.1 Å². The Morgan fingerprint density at radius 2 is 2.43 bits per heavy atom. The summed E-state index contributed by atoms with van der Waals surface area (Å²) in [5.74, 6) is 0.228. The fourth-order valence-electron chi connectivity index (χ4n) is 0.744. The Morgan fingerprint density at radius 3 is 3.00 bits per heavy atom. The van der Waals surface area contributed by atoms with Crippen LogP contribution in [0, 0.1) is 4.78 Å². The summed E-state index contributed by atoms with van der Waals surface area (Å²) < 4.78 is 21.9. The summed E-state index contributed by atoms with van der Waals surface area (Å²) >= 11 is 8.88. The van der Waals surface area contributed by atoms with E-state index in [1.165, 1.54) is 6.20 Å². The molecule has 14 heavy (non-hydrogen) atoms. The number of hydrogen-bond donors (Lipinski definition) is 2. The molecule has 78 valence electrons. The SMILES string of the molecule is CCS(=N)(=O)Nc1cc(Cl)cnc1Br. The van der Waals surface area contributed by atoms with E-state index < -0.39 is 9.92 Å². The molecule has 0 radical (unpaired) electrons. The third-order valence-electron chi connectivity index (χ3n) is 1.49. The fourth-order valence-corrected chi connectivity index (χ4v) is 2.00. The molecule has 0 aromatic carbocycles. The van der Waals surface area contributed by atoms with Crippen LogP contribution in [-0.4, -0.2) is 14.9 Å². The Bertz CT molecular complexity index is 435. The first kappa shape index (κ1) is 11.7. The lowest BCUT2D eigenvalue weighted by atomic mass is 10.4. The van der Waals surface area contributed by atoms with Gasteiger partial charge >= 0.3 is 0 Å². The number of aromatic nitrogens is 1. The first-order valence-electron chi connectivity index (χ1n) is 3.80. The molecule has 1 rings (SSSR count). The van der Waals surface area contributed by atoms with Crippen LogP contribution in [0.5, 0.6) is 0 Å². The first-order valence-corrected chi connectivity index (χ1v) is 6.69. The molecule has 0 saturated heterocycles. The molecular formula is C7H9BrClN3OS. The van der Waals surface area contributed by atoms with Crippen molar-refractivity contribution in [1.29, 1.82) is 4.78 Å². The van der Waals surface area contributed by atoms with Gasteiger partial charge in [-0.2, -0.15) is 0 Å². The largest absolute Gasteiger partial charge is 0.296 e. The lowest BCUT2D eigenvalue weighted by molar-refractivity contribution is 0.679. The van der Waals surface area contributed by atoms with Gasteiger partial charge in [0.05, 0.1) is 10.7 Å². The molecule has 0 aliphatic carbocycles. The second kappa shape index (κ2) is 4.46. The molecule has 0 amide bonds. The van der Waals surface area contributed by atoms with Crippen LogP contribution in [0.4, 0.5) is 5.69 Å². The summed E-state index contributed by atoms with van der Waals surface area (Å²) in [6.07, 6.45) is 1.47. The summed E-state index contributed by atoms with van der Waals surface area (Å²) in [5.41, 5.74) is 0.472. The van der Waals surface area contributed by atoms with Crippen molar-refractivity contribution in [1.82, 2.24) is 4.98 Å². The number of pyridine rings is 1. The van der Waals surface area contributed by atoms with Crippen molar-refractivity contribution in [2.75, 3.05) is 10.5 Å². The maximum Gasteiger partial charge on any atom is 0.130 e. The third-order valence-corrected chi connectivity index (χ3v) is 3.69. The second-order valence-electron chi connectivity index (χ2n) is 2.56. The van der Waals surface area contributed by atoms with Crippen LogP contribution in [0.1, 0.15) is 6.92 Å². The van der Waals surface area contributed by atoms with Gasteiger partial charge in [-0.25, -0.2) is 14.0 Å². The monoisotopic (exact) mass is 297 g/mol. The molecule has 0 fully saturated rings. The van der Waals surface area contributed by atoms with Crippen LogP contribution in [0.15, 0.2) is 16.9 Å². The third kappa shape index (κ3) is 3.11. The molecule has 4 nitrogen and oxygen atoms in total. The molecular weight excluding hydrogens is 290 g/mol. The van der Waals surface area contributed by atoms with Crippen LogP contribution in [0.2, 0.25) is 5.02 Å². The van der Waals surface area contributed by atoms with E-state index in [-0.39, 0.29) is 5.75 Å². The standard InChI is InChI=1S/C7H9BrClN3OS/c1-2-14(10,13)12-6-3-5(9)4-11-7(6)8/h3-4H,2H2,1H3,(H2,10,12,13). The summed E-state index contributed by atoms with van der Waals surface area (Å²) in [5, 5.41) is 0.432. The average Bonchev–Trinajstić information content (AvgIpc) is 2.11. The van der Waals surface area contributed by atoms with Crippen LogP contribution in [0.3, 0.4) is 0 Å². The molecule has 1 heterocycles. The van der Waals surface area contributed by atoms with Gasteiger partial charge in [-0.1, -0.05) is 18.5 Å². The fraction of sp³-hybridized carbons (Fsp3) is 0.286. The van der Waals surface area contributed by atoms with Crippen LogP contribution in [-0.2, 0) is 9.92 Å². The highest BCUT2D eigenvalue weighted by Crippen LogP contribution is 2.24. The summed E-state index contributed by atoms with van der Waals surface area (Å²) in [4.78, 5) is 3.91. The minimum atomic E-state index is -2.79. The van der Waals surface area contributed by atoms with Crippen LogP contribution < -0.4 is 4.72 Å². The van der Waals surface area contributed by atoms with Gasteiger partial charge in [0.1, 0.15) is 14.5 Å². The molecule has 1 aromatic heterocycles. The summed E-state index contributed by atoms with van der Waals surface area (Å²) in [6, 6.07) is 1.57. The Hall–Kier alpha value is -0.330. The lowest BCUT2D eigenvalue weighted by Gasteiger charge is -2.09. The van der Waals surface area contributed by atoms with E-state index in [1.54, 1.807) is 13.0 Å². The molecule has 0 bridgehead atoms. The molecule has 1 aromatic rings. The van der Waals surface area contributed by atoms with Crippen molar-refractivity contribution in [3.8, 4) is 0 Å². The molecule has 1 unspecified atom stereocenters. The normalized spacial score (nSPS) is 14.8. The summed E-state index contributed by atoms with van der Waals surface area (Å²) in [6.45, 7) is 1.67. The number of nitrogens with one attached hydrogen (secondary N) is 2. The maximum atomic E-state index is 11.5. The minimum absolute atomic E-state index is 0.228. The van der Waals surface area contributed by atoms with Crippen molar-refractivity contribution in [2.24, 2.45) is 0 Å². The van der Waals surface area contributed by atoms with Crippen LogP contribution >= 0.6 is 27.5 Å². The average molecular weight is 299 g/mol. The Labute approximate surface area is 96.3 Å². The zero-order chi connectivity index (χ0) is 10.8. The van der Waals surface area contributed by atoms with E-state index in [2.05, 4.69) is 25.6 Å². The number of anilines is 1. The van der Waals surface area contributed by atoms with Gasteiger partial charge in [-0.3, -0.25) is 4.72 Å². The number of rotatable bonds is 3. The molecule has 0 aliphatic rings. The molecule has 2 N–H and O–H groups in total.